The molecular formula is C14H18N4S. The number of fused-ring (bicyclic) bond motifs is 1. The van der Waals surface area contributed by atoms with Crippen molar-refractivity contribution in [1.29, 1.82) is 0 Å². The highest BCUT2D eigenvalue weighted by Crippen LogP contribution is 2.38. The van der Waals surface area contributed by atoms with E-state index in [4.69, 9.17) is 10.7 Å². The van der Waals surface area contributed by atoms with Crippen LogP contribution in [0.3, 0.4) is 0 Å². The van der Waals surface area contributed by atoms with Crippen molar-refractivity contribution in [3.63, 3.8) is 0 Å². The maximum Gasteiger partial charge on any atom is 0.116 e. The average Bonchev–Trinajstić information content (AvgIpc) is 3.02. The molecule has 19 heavy (non-hydrogen) atoms. The molecule has 2 aromatic rings. The maximum atomic E-state index is 6.43. The fourth-order valence-corrected chi connectivity index (χ4v) is 4.01. The summed E-state index contributed by atoms with van der Waals surface area (Å²) in [5.41, 5.74) is 8.84. The Morgan fingerprint density at radius 2 is 2.16 bits per heavy atom. The van der Waals surface area contributed by atoms with Crippen LogP contribution < -0.4 is 5.73 Å². The standard InChI is InChI=1S/C14H18N4S/c15-13(11-7-16-8-18(11)9-5-6-9)14-17-10-3-1-2-4-12(10)19-14/h7-9,13H,1-6,15H2. The van der Waals surface area contributed by atoms with Crippen molar-refractivity contribution in [3.05, 3.63) is 33.8 Å². The van der Waals surface area contributed by atoms with Crippen LogP contribution in [0.15, 0.2) is 12.5 Å². The summed E-state index contributed by atoms with van der Waals surface area (Å²) in [6, 6.07) is 0.511. The maximum absolute atomic E-state index is 6.43. The molecule has 4 nitrogen and oxygen atoms in total. The number of imidazole rings is 1. The molecule has 2 aliphatic rings. The predicted octanol–water partition coefficient (Wildman–Crippen LogP) is 2.60. The number of aryl methyl sites for hydroxylation is 2. The Balaban J connectivity index is 1.67. The van der Waals surface area contributed by atoms with Gasteiger partial charge in [-0.15, -0.1) is 11.3 Å². The smallest absolute Gasteiger partial charge is 0.116 e. The summed E-state index contributed by atoms with van der Waals surface area (Å²) < 4.78 is 2.24. The summed E-state index contributed by atoms with van der Waals surface area (Å²) in [4.78, 5) is 10.5. The Kier molecular flexibility index (Phi) is 2.70. The fraction of sp³-hybridized carbons (Fsp3) is 0.571. The van der Waals surface area contributed by atoms with Gasteiger partial charge in [0.1, 0.15) is 5.01 Å². The molecule has 5 heteroatoms. The summed E-state index contributed by atoms with van der Waals surface area (Å²) >= 11 is 1.81. The van der Waals surface area contributed by atoms with Crippen molar-refractivity contribution < 1.29 is 0 Å². The van der Waals surface area contributed by atoms with E-state index in [1.54, 1.807) is 11.3 Å². The molecule has 0 spiro atoms. The molecule has 1 unspecified atom stereocenters. The van der Waals surface area contributed by atoms with E-state index < -0.39 is 0 Å². The van der Waals surface area contributed by atoms with Crippen LogP contribution in [0.2, 0.25) is 0 Å². The summed E-state index contributed by atoms with van der Waals surface area (Å²) in [6.07, 6.45) is 11.2. The van der Waals surface area contributed by atoms with E-state index in [-0.39, 0.29) is 6.04 Å². The van der Waals surface area contributed by atoms with E-state index in [1.807, 2.05) is 12.5 Å². The normalized spacial score (nSPS) is 20.3. The quantitative estimate of drug-likeness (QED) is 0.936. The number of hydrogen-bond donors (Lipinski definition) is 1. The second kappa shape index (κ2) is 4.42. The Morgan fingerprint density at radius 1 is 1.32 bits per heavy atom. The van der Waals surface area contributed by atoms with Crippen molar-refractivity contribution in [3.8, 4) is 0 Å². The first kappa shape index (κ1) is 11.6. The highest BCUT2D eigenvalue weighted by atomic mass is 32.1. The number of thiazole rings is 1. The molecule has 4 rings (SSSR count). The van der Waals surface area contributed by atoms with Crippen LogP contribution in [0.25, 0.3) is 0 Å². The van der Waals surface area contributed by atoms with Crippen molar-refractivity contribution in [2.45, 2.75) is 50.6 Å². The number of aromatic nitrogens is 3. The van der Waals surface area contributed by atoms with Crippen LogP contribution in [0.4, 0.5) is 0 Å². The van der Waals surface area contributed by atoms with Crippen molar-refractivity contribution >= 4 is 11.3 Å². The van der Waals surface area contributed by atoms with E-state index in [9.17, 15) is 0 Å². The number of nitrogens with zero attached hydrogens (tertiary/aromatic N) is 3. The number of hydrogen-bond acceptors (Lipinski definition) is 4. The minimum Gasteiger partial charge on any atom is -0.330 e. The average molecular weight is 274 g/mol. The zero-order chi connectivity index (χ0) is 12.8. The van der Waals surface area contributed by atoms with E-state index in [1.165, 1.54) is 42.7 Å². The third-order valence-corrected chi connectivity index (χ3v) is 5.32. The molecule has 2 aliphatic carbocycles. The van der Waals surface area contributed by atoms with Gasteiger partial charge in [-0.3, -0.25) is 0 Å². The molecule has 2 aromatic heterocycles. The zero-order valence-corrected chi connectivity index (χ0v) is 11.7. The second-order valence-electron chi connectivity index (χ2n) is 5.56. The molecule has 2 heterocycles. The first-order valence-corrected chi connectivity index (χ1v) is 7.90. The van der Waals surface area contributed by atoms with Crippen molar-refractivity contribution in [2.75, 3.05) is 0 Å². The predicted molar refractivity (Wildman–Crippen MR) is 75.3 cm³/mol. The molecule has 0 bridgehead atoms. The van der Waals surface area contributed by atoms with Gasteiger partial charge >= 0.3 is 0 Å². The van der Waals surface area contributed by atoms with Gasteiger partial charge in [0.15, 0.2) is 0 Å². The summed E-state index contributed by atoms with van der Waals surface area (Å²) in [7, 11) is 0. The Labute approximate surface area is 116 Å². The lowest BCUT2D eigenvalue weighted by Gasteiger charge is -2.11. The lowest BCUT2D eigenvalue weighted by atomic mass is 10.0. The first-order chi connectivity index (χ1) is 9.33. The van der Waals surface area contributed by atoms with Gasteiger partial charge in [0.2, 0.25) is 0 Å². The molecule has 1 saturated carbocycles. The second-order valence-corrected chi connectivity index (χ2v) is 6.68. The van der Waals surface area contributed by atoms with Gasteiger partial charge in [-0.05, 0) is 38.5 Å². The molecule has 0 radical (unpaired) electrons. The van der Waals surface area contributed by atoms with Crippen LogP contribution in [0, 0.1) is 0 Å². The largest absolute Gasteiger partial charge is 0.330 e. The van der Waals surface area contributed by atoms with Gasteiger partial charge in [-0.1, -0.05) is 0 Å². The summed E-state index contributed by atoms with van der Waals surface area (Å²) in [5, 5.41) is 1.06. The van der Waals surface area contributed by atoms with Gasteiger partial charge in [-0.25, -0.2) is 9.97 Å². The fourth-order valence-electron chi connectivity index (χ4n) is 2.85. The monoisotopic (exact) mass is 274 g/mol. The summed E-state index contributed by atoms with van der Waals surface area (Å²) in [6.45, 7) is 0. The van der Waals surface area contributed by atoms with Crippen LogP contribution in [-0.2, 0) is 12.8 Å². The molecule has 1 atom stereocenters. The molecule has 0 saturated heterocycles. The highest BCUT2D eigenvalue weighted by Gasteiger charge is 2.29. The third kappa shape index (κ3) is 2.01. The van der Waals surface area contributed by atoms with Gasteiger partial charge < -0.3 is 10.3 Å². The van der Waals surface area contributed by atoms with Crippen LogP contribution in [-0.4, -0.2) is 14.5 Å². The summed E-state index contributed by atoms with van der Waals surface area (Å²) in [5.74, 6) is 0. The van der Waals surface area contributed by atoms with Crippen molar-refractivity contribution in [1.82, 2.24) is 14.5 Å². The van der Waals surface area contributed by atoms with Gasteiger partial charge in [0.25, 0.3) is 0 Å². The van der Waals surface area contributed by atoms with E-state index in [0.717, 1.165) is 17.1 Å². The van der Waals surface area contributed by atoms with Crippen LogP contribution in [0.5, 0.6) is 0 Å². The molecule has 0 aromatic carbocycles. The SMILES string of the molecule is NC(c1nc2c(s1)CCCC2)c1cncn1C1CC1. The molecule has 100 valence electrons. The minimum atomic E-state index is -0.112. The van der Waals surface area contributed by atoms with Crippen molar-refractivity contribution in [2.24, 2.45) is 5.73 Å². The minimum absolute atomic E-state index is 0.112. The third-order valence-electron chi connectivity index (χ3n) is 4.08. The highest BCUT2D eigenvalue weighted by molar-refractivity contribution is 7.11. The van der Waals surface area contributed by atoms with E-state index in [0.29, 0.717) is 6.04 Å². The van der Waals surface area contributed by atoms with Gasteiger partial charge in [0.05, 0.1) is 30.0 Å². The Bertz CT molecular complexity index is 573. The Morgan fingerprint density at radius 3 is 2.95 bits per heavy atom. The van der Waals surface area contributed by atoms with Gasteiger partial charge in [0, 0.05) is 10.9 Å². The lowest BCUT2D eigenvalue weighted by molar-refractivity contribution is 0.652. The topological polar surface area (TPSA) is 56.7 Å². The molecule has 0 amide bonds. The lowest BCUT2D eigenvalue weighted by Crippen LogP contribution is -2.16. The Hall–Kier alpha value is -1.20. The number of nitrogens with two attached hydrogens (primary N) is 1. The number of rotatable bonds is 3. The van der Waals surface area contributed by atoms with E-state index in [2.05, 4.69) is 9.55 Å². The van der Waals surface area contributed by atoms with Gasteiger partial charge in [-0.2, -0.15) is 0 Å². The molecule has 0 aliphatic heterocycles. The first-order valence-electron chi connectivity index (χ1n) is 7.08. The van der Waals surface area contributed by atoms with Crippen LogP contribution >= 0.6 is 11.3 Å². The molecule has 2 N–H and O–H groups in total. The van der Waals surface area contributed by atoms with E-state index >= 15 is 0 Å². The zero-order valence-electron chi connectivity index (χ0n) is 10.9. The van der Waals surface area contributed by atoms with Crippen LogP contribution in [0.1, 0.15) is 59.0 Å². The molecule has 1 fully saturated rings. The molecular weight excluding hydrogens is 256 g/mol.